The molecular weight excluding hydrogens is 462 g/mol. The Kier molecular flexibility index (Phi) is 7.19. The first-order valence-electron chi connectivity index (χ1n) is 11.1. The molecule has 1 aliphatic heterocycles. The Balaban J connectivity index is 1.74. The van der Waals surface area contributed by atoms with Gasteiger partial charge in [-0.15, -0.1) is 0 Å². The Morgan fingerprint density at radius 3 is 2.67 bits per heavy atom. The standard InChI is InChI=1S/C24H28ClN3O4S/c1-3-32-22(29)9-6-17-15-18-16-19(25)7-8-21(18)24(23-20(17)5-4-10-26-23)27-11-13-28(14-12-27)33(2,30)31/h4-5,7-8,10,15-16,24H,3,6,9,11-14H2,1-2H3. The van der Waals surface area contributed by atoms with Gasteiger partial charge in [0.15, 0.2) is 0 Å². The average molecular weight is 490 g/mol. The number of carbonyl (C=O) groups excluding carboxylic acids is 1. The number of esters is 1. The van der Waals surface area contributed by atoms with Crippen molar-refractivity contribution in [1.82, 2.24) is 14.2 Å². The van der Waals surface area contributed by atoms with Gasteiger partial charge in [-0.05, 0) is 48.2 Å². The molecule has 0 radical (unpaired) electrons. The molecule has 4 rings (SSSR count). The lowest BCUT2D eigenvalue weighted by atomic mass is 9.95. The zero-order valence-corrected chi connectivity index (χ0v) is 20.4. The number of ether oxygens (including phenoxy) is 1. The van der Waals surface area contributed by atoms with Gasteiger partial charge in [0, 0.05) is 49.4 Å². The third kappa shape index (κ3) is 5.30. The Bertz CT molecular complexity index is 1170. The molecule has 1 aromatic carbocycles. The molecule has 0 amide bonds. The van der Waals surface area contributed by atoms with E-state index in [1.165, 1.54) is 10.6 Å². The van der Waals surface area contributed by atoms with Crippen molar-refractivity contribution in [3.63, 3.8) is 0 Å². The van der Waals surface area contributed by atoms with Crippen LogP contribution in [0.4, 0.5) is 0 Å². The van der Waals surface area contributed by atoms with Crippen molar-refractivity contribution in [2.24, 2.45) is 0 Å². The number of pyridine rings is 1. The second-order valence-electron chi connectivity index (χ2n) is 8.28. The highest BCUT2D eigenvalue weighted by Gasteiger charge is 2.34. The second kappa shape index (κ2) is 9.93. The van der Waals surface area contributed by atoms with Crippen molar-refractivity contribution in [3.8, 4) is 0 Å². The maximum Gasteiger partial charge on any atom is 0.306 e. The van der Waals surface area contributed by atoms with Gasteiger partial charge in [0.1, 0.15) is 0 Å². The predicted octanol–water partition coefficient (Wildman–Crippen LogP) is 3.60. The minimum atomic E-state index is -3.22. The van der Waals surface area contributed by atoms with Gasteiger partial charge >= 0.3 is 5.97 Å². The predicted molar refractivity (Wildman–Crippen MR) is 129 cm³/mol. The Morgan fingerprint density at radius 2 is 1.97 bits per heavy atom. The number of carbonyl (C=O) groups is 1. The number of allylic oxidation sites excluding steroid dienone is 1. The normalized spacial score (nSPS) is 19.2. The van der Waals surface area contributed by atoms with Crippen LogP contribution in [-0.2, 0) is 19.6 Å². The minimum absolute atomic E-state index is 0.147. The van der Waals surface area contributed by atoms with E-state index in [4.69, 9.17) is 21.3 Å². The Labute approximate surface area is 200 Å². The first kappa shape index (κ1) is 23.9. The molecule has 176 valence electrons. The van der Waals surface area contributed by atoms with E-state index in [9.17, 15) is 13.2 Å². The highest BCUT2D eigenvalue weighted by atomic mass is 35.5. The van der Waals surface area contributed by atoms with Crippen molar-refractivity contribution < 1.29 is 17.9 Å². The Morgan fingerprint density at radius 1 is 1.21 bits per heavy atom. The third-order valence-electron chi connectivity index (χ3n) is 6.13. The lowest BCUT2D eigenvalue weighted by Crippen LogP contribution is -2.49. The molecule has 7 nitrogen and oxygen atoms in total. The fourth-order valence-corrected chi connectivity index (χ4v) is 5.59. The maximum atomic E-state index is 12.1. The number of fused-ring (bicyclic) bond motifs is 2. The molecule has 1 fully saturated rings. The van der Waals surface area contributed by atoms with Gasteiger partial charge in [0.25, 0.3) is 0 Å². The van der Waals surface area contributed by atoms with Crippen LogP contribution in [0.3, 0.4) is 0 Å². The maximum absolute atomic E-state index is 12.1. The fraction of sp³-hybridized carbons (Fsp3) is 0.417. The number of nitrogens with zero attached hydrogens (tertiary/aromatic N) is 3. The summed E-state index contributed by atoms with van der Waals surface area (Å²) in [6, 6.07) is 9.62. The first-order chi connectivity index (χ1) is 15.8. The molecule has 1 atom stereocenters. The summed E-state index contributed by atoms with van der Waals surface area (Å²) in [5.74, 6) is -0.229. The lowest BCUT2D eigenvalue weighted by Gasteiger charge is -2.38. The molecule has 2 heterocycles. The van der Waals surface area contributed by atoms with Gasteiger partial charge in [-0.25, -0.2) is 8.42 Å². The van der Waals surface area contributed by atoms with E-state index in [-0.39, 0.29) is 18.4 Å². The van der Waals surface area contributed by atoms with Crippen molar-refractivity contribution in [2.45, 2.75) is 25.8 Å². The molecule has 1 saturated heterocycles. The van der Waals surface area contributed by atoms with E-state index in [0.29, 0.717) is 44.2 Å². The minimum Gasteiger partial charge on any atom is -0.466 e. The van der Waals surface area contributed by atoms with Gasteiger partial charge in [0.05, 0.1) is 24.6 Å². The second-order valence-corrected chi connectivity index (χ2v) is 10.7. The molecular formula is C24H28ClN3O4S. The summed E-state index contributed by atoms with van der Waals surface area (Å²) in [6.07, 6.45) is 5.93. The molecule has 2 aromatic rings. The number of hydrogen-bond donors (Lipinski definition) is 0. The topological polar surface area (TPSA) is 79.8 Å². The molecule has 0 spiro atoms. The number of benzene rings is 1. The van der Waals surface area contributed by atoms with E-state index < -0.39 is 10.0 Å². The van der Waals surface area contributed by atoms with E-state index >= 15 is 0 Å². The number of halogens is 1. The first-order valence-corrected chi connectivity index (χ1v) is 13.3. The summed E-state index contributed by atoms with van der Waals surface area (Å²) in [5, 5.41) is 0.634. The van der Waals surface area contributed by atoms with E-state index in [2.05, 4.69) is 11.0 Å². The molecule has 1 aliphatic carbocycles. The van der Waals surface area contributed by atoms with Crippen LogP contribution < -0.4 is 0 Å². The average Bonchev–Trinajstić information content (AvgIpc) is 2.91. The van der Waals surface area contributed by atoms with Crippen LogP contribution >= 0.6 is 11.6 Å². The Hall–Kier alpha value is -2.26. The van der Waals surface area contributed by atoms with Crippen molar-refractivity contribution in [2.75, 3.05) is 39.0 Å². The molecule has 9 heteroatoms. The monoisotopic (exact) mass is 489 g/mol. The van der Waals surface area contributed by atoms with Gasteiger partial charge in [-0.2, -0.15) is 4.31 Å². The number of hydrogen-bond acceptors (Lipinski definition) is 6. The number of sulfonamides is 1. The molecule has 2 aliphatic rings. The summed E-state index contributed by atoms with van der Waals surface area (Å²) >= 11 is 6.35. The summed E-state index contributed by atoms with van der Waals surface area (Å²) in [4.78, 5) is 19.1. The van der Waals surface area contributed by atoms with E-state index in [0.717, 1.165) is 28.0 Å². The smallest absolute Gasteiger partial charge is 0.306 e. The zero-order chi connectivity index (χ0) is 23.6. The molecule has 1 unspecified atom stereocenters. The van der Waals surface area contributed by atoms with Crippen LogP contribution in [-0.4, -0.2) is 67.6 Å². The molecule has 1 aromatic heterocycles. The van der Waals surface area contributed by atoms with Crippen LogP contribution in [0.15, 0.2) is 36.5 Å². The van der Waals surface area contributed by atoms with Crippen LogP contribution in [0.25, 0.3) is 11.6 Å². The van der Waals surface area contributed by atoms with Crippen molar-refractivity contribution in [1.29, 1.82) is 0 Å². The number of rotatable bonds is 6. The number of piperazine rings is 1. The molecule has 33 heavy (non-hydrogen) atoms. The van der Waals surface area contributed by atoms with Crippen LogP contribution in [0.1, 0.15) is 48.2 Å². The van der Waals surface area contributed by atoms with E-state index in [1.807, 2.05) is 30.3 Å². The summed E-state index contributed by atoms with van der Waals surface area (Å²) < 4.78 is 30.7. The highest BCUT2D eigenvalue weighted by molar-refractivity contribution is 7.88. The fourth-order valence-electron chi connectivity index (χ4n) is 4.58. The van der Waals surface area contributed by atoms with Crippen LogP contribution in [0.5, 0.6) is 0 Å². The molecule has 0 bridgehead atoms. The lowest BCUT2D eigenvalue weighted by molar-refractivity contribution is -0.142. The molecule has 0 saturated carbocycles. The van der Waals surface area contributed by atoms with Crippen LogP contribution in [0, 0.1) is 0 Å². The van der Waals surface area contributed by atoms with Gasteiger partial charge in [-0.3, -0.25) is 14.7 Å². The van der Waals surface area contributed by atoms with E-state index in [1.54, 1.807) is 13.1 Å². The molecule has 0 N–H and O–H groups in total. The van der Waals surface area contributed by atoms with Crippen molar-refractivity contribution >= 4 is 39.2 Å². The third-order valence-corrected chi connectivity index (χ3v) is 7.67. The number of aromatic nitrogens is 1. The van der Waals surface area contributed by atoms with Crippen molar-refractivity contribution in [3.05, 3.63) is 63.9 Å². The van der Waals surface area contributed by atoms with Gasteiger partial charge < -0.3 is 4.74 Å². The largest absolute Gasteiger partial charge is 0.466 e. The van der Waals surface area contributed by atoms with Gasteiger partial charge in [-0.1, -0.05) is 29.8 Å². The highest BCUT2D eigenvalue weighted by Crippen LogP contribution is 2.41. The van der Waals surface area contributed by atoms with Crippen LogP contribution in [0.2, 0.25) is 5.02 Å². The quantitative estimate of drug-likeness (QED) is 0.577. The summed E-state index contributed by atoms with van der Waals surface area (Å²) in [7, 11) is -3.22. The SMILES string of the molecule is CCOC(=O)CCC1=Cc2cc(Cl)ccc2C(N2CCN(S(C)(=O)=O)CC2)c2ncccc21. The summed E-state index contributed by atoms with van der Waals surface area (Å²) in [5.41, 5.74) is 4.95. The zero-order valence-electron chi connectivity index (χ0n) is 18.8. The van der Waals surface area contributed by atoms with Gasteiger partial charge in [0.2, 0.25) is 10.0 Å². The summed E-state index contributed by atoms with van der Waals surface area (Å²) in [6.45, 7) is 4.21.